The maximum atomic E-state index is 12.5. The van der Waals surface area contributed by atoms with Crippen LogP contribution in [-0.2, 0) is 0 Å². The molecule has 1 aromatic carbocycles. The number of hydrogen-bond acceptors (Lipinski definition) is 3. The van der Waals surface area contributed by atoms with Gasteiger partial charge in [0.1, 0.15) is 0 Å². The lowest BCUT2D eigenvalue weighted by Crippen LogP contribution is -2.57. The molecule has 0 radical (unpaired) electrons. The van der Waals surface area contributed by atoms with E-state index in [-0.39, 0.29) is 18.3 Å². The summed E-state index contributed by atoms with van der Waals surface area (Å²) in [7, 11) is 0. The topological polar surface area (TPSA) is 61.0 Å². The number of nitrogens with one attached hydrogen (secondary N) is 2. The van der Waals surface area contributed by atoms with Crippen LogP contribution in [0.2, 0.25) is 0 Å². The number of nitrogens with zero attached hydrogens (tertiary/aromatic N) is 2. The van der Waals surface area contributed by atoms with Gasteiger partial charge >= 0.3 is 0 Å². The third-order valence-corrected chi connectivity index (χ3v) is 4.69. The molecule has 2 aromatic rings. The lowest BCUT2D eigenvalue weighted by molar-refractivity contribution is 0.0621. The van der Waals surface area contributed by atoms with Crippen LogP contribution in [-0.4, -0.2) is 46.7 Å². The number of benzene rings is 1. The van der Waals surface area contributed by atoms with Gasteiger partial charge < -0.3 is 10.2 Å². The van der Waals surface area contributed by atoms with Crippen molar-refractivity contribution < 1.29 is 4.79 Å². The second kappa shape index (κ2) is 5.66. The highest BCUT2D eigenvalue weighted by Crippen LogP contribution is 2.28. The molecule has 1 amide bonds. The summed E-state index contributed by atoms with van der Waals surface area (Å²) in [4.78, 5) is 15.0. The van der Waals surface area contributed by atoms with Crippen LogP contribution in [0.25, 0.3) is 10.9 Å². The van der Waals surface area contributed by atoms with Gasteiger partial charge in [0.2, 0.25) is 0 Å². The van der Waals surface area contributed by atoms with Crippen LogP contribution in [0, 0.1) is 5.92 Å². The fourth-order valence-electron chi connectivity index (χ4n) is 3.53. The zero-order chi connectivity index (χ0) is 13.5. The average molecular weight is 307 g/mol. The van der Waals surface area contributed by atoms with E-state index in [4.69, 9.17) is 0 Å². The Balaban J connectivity index is 0.00000132. The predicted molar refractivity (Wildman–Crippen MR) is 83.8 cm³/mol. The molecule has 3 saturated heterocycles. The number of para-hydroxylation sites is 1. The number of piperidine rings is 3. The van der Waals surface area contributed by atoms with Gasteiger partial charge in [-0.15, -0.1) is 12.4 Å². The summed E-state index contributed by atoms with van der Waals surface area (Å²) in [5, 5.41) is 11.1. The molecule has 21 heavy (non-hydrogen) atoms. The molecule has 3 aliphatic heterocycles. The predicted octanol–water partition coefficient (Wildman–Crippen LogP) is 1.81. The van der Waals surface area contributed by atoms with Gasteiger partial charge in [-0.2, -0.15) is 5.10 Å². The number of hydrogen-bond donors (Lipinski definition) is 2. The van der Waals surface area contributed by atoms with E-state index in [1.165, 1.54) is 25.9 Å². The first kappa shape index (κ1) is 14.4. The molecule has 3 aliphatic rings. The van der Waals surface area contributed by atoms with E-state index >= 15 is 0 Å². The Labute approximate surface area is 129 Å². The van der Waals surface area contributed by atoms with Gasteiger partial charge in [0.05, 0.1) is 17.3 Å². The fraction of sp³-hybridized carbons (Fsp3) is 0.467. The zero-order valence-electron chi connectivity index (χ0n) is 11.7. The number of halogens is 1. The summed E-state index contributed by atoms with van der Waals surface area (Å²) in [5.41, 5.74) is 1.52. The molecule has 0 aliphatic carbocycles. The molecular weight excluding hydrogens is 288 g/mol. The van der Waals surface area contributed by atoms with Gasteiger partial charge in [-0.3, -0.25) is 9.89 Å². The standard InChI is InChI=1S/C15H18N4O.ClH/c20-15(12-3-1-2-11-8-16-18-14(11)12)17-13-9-19-6-4-10(13)5-7-19;/h1-3,8,10,13H,4-7,9H2,(H,16,18)(H,17,20);1H/t13-;/m0./s1. The molecule has 0 spiro atoms. The Bertz CT molecular complexity index is 648. The van der Waals surface area contributed by atoms with E-state index in [1.807, 2.05) is 18.2 Å². The van der Waals surface area contributed by atoms with Crippen LogP contribution in [0.15, 0.2) is 24.4 Å². The van der Waals surface area contributed by atoms with Crippen LogP contribution in [0.3, 0.4) is 0 Å². The van der Waals surface area contributed by atoms with Crippen molar-refractivity contribution in [1.82, 2.24) is 20.4 Å². The summed E-state index contributed by atoms with van der Waals surface area (Å²) in [6.45, 7) is 3.37. The summed E-state index contributed by atoms with van der Waals surface area (Å²) in [6.07, 6.45) is 4.17. The molecular formula is C15H19ClN4O. The minimum atomic E-state index is 0. The van der Waals surface area contributed by atoms with Gasteiger partial charge in [0, 0.05) is 18.0 Å². The number of H-pyrrole nitrogens is 1. The van der Waals surface area contributed by atoms with E-state index in [2.05, 4.69) is 20.4 Å². The number of amides is 1. The second-order valence-corrected chi connectivity index (χ2v) is 5.86. The second-order valence-electron chi connectivity index (χ2n) is 5.86. The number of aromatic nitrogens is 2. The van der Waals surface area contributed by atoms with Crippen LogP contribution >= 0.6 is 12.4 Å². The molecule has 1 aromatic heterocycles. The number of carbonyl (C=O) groups excluding carboxylic acids is 1. The monoisotopic (exact) mass is 306 g/mol. The van der Waals surface area contributed by atoms with Crippen molar-refractivity contribution in [2.75, 3.05) is 19.6 Å². The van der Waals surface area contributed by atoms with E-state index < -0.39 is 0 Å². The molecule has 0 unspecified atom stereocenters. The van der Waals surface area contributed by atoms with Crippen molar-refractivity contribution in [3.05, 3.63) is 30.0 Å². The number of aromatic amines is 1. The van der Waals surface area contributed by atoms with Gasteiger partial charge in [-0.25, -0.2) is 0 Å². The van der Waals surface area contributed by atoms with E-state index in [0.29, 0.717) is 17.5 Å². The largest absolute Gasteiger partial charge is 0.348 e. The van der Waals surface area contributed by atoms with E-state index in [9.17, 15) is 4.79 Å². The van der Waals surface area contributed by atoms with Crippen molar-refractivity contribution in [2.45, 2.75) is 18.9 Å². The van der Waals surface area contributed by atoms with Crippen molar-refractivity contribution in [1.29, 1.82) is 0 Å². The summed E-state index contributed by atoms with van der Waals surface area (Å²) in [6, 6.07) is 6.02. The Kier molecular flexibility index (Phi) is 3.87. The highest BCUT2D eigenvalue weighted by Gasteiger charge is 2.35. The quantitative estimate of drug-likeness (QED) is 0.889. The molecule has 3 fully saturated rings. The molecule has 4 heterocycles. The minimum Gasteiger partial charge on any atom is -0.348 e. The van der Waals surface area contributed by atoms with Crippen molar-refractivity contribution in [3.8, 4) is 0 Å². The molecule has 5 nitrogen and oxygen atoms in total. The Morgan fingerprint density at radius 3 is 2.86 bits per heavy atom. The first-order chi connectivity index (χ1) is 9.81. The number of carbonyl (C=O) groups is 1. The molecule has 112 valence electrons. The van der Waals surface area contributed by atoms with Crippen LogP contribution in [0.1, 0.15) is 23.2 Å². The smallest absolute Gasteiger partial charge is 0.253 e. The van der Waals surface area contributed by atoms with Gasteiger partial charge in [0.25, 0.3) is 5.91 Å². The van der Waals surface area contributed by atoms with Crippen molar-refractivity contribution >= 4 is 29.2 Å². The molecule has 2 N–H and O–H groups in total. The SMILES string of the molecule is Cl.O=C(N[C@H]1CN2CCC1CC2)c1cccc2cn[nH]c12. The summed E-state index contributed by atoms with van der Waals surface area (Å²) < 4.78 is 0. The van der Waals surface area contributed by atoms with Crippen LogP contribution < -0.4 is 5.32 Å². The molecule has 0 saturated carbocycles. The van der Waals surface area contributed by atoms with Crippen molar-refractivity contribution in [2.24, 2.45) is 5.92 Å². The Hall–Kier alpha value is -1.59. The number of fused-ring (bicyclic) bond motifs is 4. The van der Waals surface area contributed by atoms with Gasteiger partial charge in [-0.1, -0.05) is 12.1 Å². The highest BCUT2D eigenvalue weighted by atomic mass is 35.5. The van der Waals surface area contributed by atoms with E-state index in [0.717, 1.165) is 17.4 Å². The molecule has 2 bridgehead atoms. The summed E-state index contributed by atoms with van der Waals surface area (Å²) in [5.74, 6) is 0.656. The third kappa shape index (κ3) is 2.51. The molecule has 1 atom stereocenters. The minimum absolute atomic E-state index is 0. The lowest BCUT2D eigenvalue weighted by Gasteiger charge is -2.44. The summed E-state index contributed by atoms with van der Waals surface area (Å²) >= 11 is 0. The third-order valence-electron chi connectivity index (χ3n) is 4.69. The molecule has 6 heteroatoms. The number of rotatable bonds is 2. The molecule has 5 rings (SSSR count). The first-order valence-electron chi connectivity index (χ1n) is 7.26. The Morgan fingerprint density at radius 2 is 2.14 bits per heavy atom. The first-order valence-corrected chi connectivity index (χ1v) is 7.26. The van der Waals surface area contributed by atoms with E-state index in [1.54, 1.807) is 6.20 Å². The highest BCUT2D eigenvalue weighted by molar-refractivity contribution is 6.05. The Morgan fingerprint density at radius 1 is 1.33 bits per heavy atom. The zero-order valence-corrected chi connectivity index (χ0v) is 12.5. The van der Waals surface area contributed by atoms with Crippen LogP contribution in [0.4, 0.5) is 0 Å². The van der Waals surface area contributed by atoms with Crippen LogP contribution in [0.5, 0.6) is 0 Å². The average Bonchev–Trinajstić information content (AvgIpc) is 2.96. The normalized spacial score (nSPS) is 27.3. The van der Waals surface area contributed by atoms with Gasteiger partial charge in [-0.05, 0) is 37.9 Å². The van der Waals surface area contributed by atoms with Gasteiger partial charge in [0.15, 0.2) is 0 Å². The van der Waals surface area contributed by atoms with Crippen molar-refractivity contribution in [3.63, 3.8) is 0 Å². The maximum Gasteiger partial charge on any atom is 0.253 e. The lowest BCUT2D eigenvalue weighted by atomic mass is 9.84. The fourth-order valence-corrected chi connectivity index (χ4v) is 3.53. The maximum absolute atomic E-state index is 12.5.